The van der Waals surface area contributed by atoms with Crippen molar-refractivity contribution in [1.82, 2.24) is 0 Å². The van der Waals surface area contributed by atoms with E-state index in [1.165, 1.54) is 12.1 Å². The maximum Gasteiger partial charge on any atom is 0.266 e. The third kappa shape index (κ3) is 5.05. The molecular weight excluding hydrogens is 299 g/mol. The standard InChI is InChI=1S/C19H12F3N/c20-18-12-15(2-1-3-19(21)22)9-11-17(18)10-8-14-4-6-16(13-23)7-5-14/h3-7,9,11-12H,1-2H2. The van der Waals surface area contributed by atoms with Crippen LogP contribution in [-0.4, -0.2) is 0 Å². The van der Waals surface area contributed by atoms with Gasteiger partial charge in [-0.1, -0.05) is 17.9 Å². The van der Waals surface area contributed by atoms with Crippen LogP contribution in [0.5, 0.6) is 0 Å². The Kier molecular flexibility index (Phi) is 5.61. The number of benzene rings is 2. The van der Waals surface area contributed by atoms with E-state index in [1.807, 2.05) is 6.07 Å². The third-order valence-corrected chi connectivity index (χ3v) is 3.12. The van der Waals surface area contributed by atoms with Gasteiger partial charge in [-0.2, -0.15) is 14.0 Å². The first-order chi connectivity index (χ1) is 11.1. The van der Waals surface area contributed by atoms with Gasteiger partial charge in [0.1, 0.15) is 5.82 Å². The largest absolute Gasteiger partial charge is 0.266 e. The molecule has 0 spiro atoms. The Labute approximate surface area is 132 Å². The van der Waals surface area contributed by atoms with Gasteiger partial charge in [0.15, 0.2) is 0 Å². The van der Waals surface area contributed by atoms with E-state index in [4.69, 9.17) is 5.26 Å². The van der Waals surface area contributed by atoms with Gasteiger partial charge in [-0.05, 0) is 60.9 Å². The molecule has 0 aliphatic heterocycles. The fraction of sp³-hybridized carbons (Fsp3) is 0.105. The highest BCUT2D eigenvalue weighted by Gasteiger charge is 2.01. The number of nitrogens with zero attached hydrogens (tertiary/aromatic N) is 1. The van der Waals surface area contributed by atoms with Crippen LogP contribution >= 0.6 is 0 Å². The van der Waals surface area contributed by atoms with Crippen molar-refractivity contribution in [2.75, 3.05) is 0 Å². The van der Waals surface area contributed by atoms with Crippen LogP contribution in [0.25, 0.3) is 0 Å². The zero-order valence-corrected chi connectivity index (χ0v) is 12.1. The summed E-state index contributed by atoms with van der Waals surface area (Å²) in [6, 6.07) is 13.2. The SMILES string of the molecule is N#Cc1ccc(C#Cc2ccc(CCC=C(F)F)cc2F)cc1. The fourth-order valence-electron chi connectivity index (χ4n) is 1.93. The molecule has 0 aromatic heterocycles. The maximum absolute atomic E-state index is 13.9. The molecule has 0 radical (unpaired) electrons. The second-order valence-electron chi connectivity index (χ2n) is 4.79. The van der Waals surface area contributed by atoms with Crippen LogP contribution in [0.3, 0.4) is 0 Å². The van der Waals surface area contributed by atoms with Gasteiger partial charge in [0.2, 0.25) is 0 Å². The minimum absolute atomic E-state index is 0.165. The summed E-state index contributed by atoms with van der Waals surface area (Å²) in [5.41, 5.74) is 2.09. The van der Waals surface area contributed by atoms with Gasteiger partial charge < -0.3 is 0 Å². The summed E-state index contributed by atoms with van der Waals surface area (Å²) in [7, 11) is 0. The highest BCUT2D eigenvalue weighted by molar-refractivity contribution is 5.45. The number of allylic oxidation sites excluding steroid dienone is 1. The van der Waals surface area contributed by atoms with Crippen LogP contribution < -0.4 is 0 Å². The van der Waals surface area contributed by atoms with Gasteiger partial charge in [-0.15, -0.1) is 0 Å². The van der Waals surface area contributed by atoms with E-state index in [9.17, 15) is 13.2 Å². The fourth-order valence-corrected chi connectivity index (χ4v) is 1.93. The van der Waals surface area contributed by atoms with Crippen molar-refractivity contribution in [1.29, 1.82) is 5.26 Å². The molecule has 0 aliphatic carbocycles. The lowest BCUT2D eigenvalue weighted by Crippen LogP contribution is -1.89. The van der Waals surface area contributed by atoms with E-state index in [0.29, 0.717) is 23.1 Å². The van der Waals surface area contributed by atoms with Crippen LogP contribution in [-0.2, 0) is 6.42 Å². The minimum Gasteiger partial charge on any atom is -0.206 e. The Morgan fingerprint density at radius 3 is 2.30 bits per heavy atom. The summed E-state index contributed by atoms with van der Waals surface area (Å²) in [6.07, 6.45) is -0.401. The summed E-state index contributed by atoms with van der Waals surface area (Å²) in [5, 5.41) is 8.71. The predicted molar refractivity (Wildman–Crippen MR) is 82.2 cm³/mol. The first-order valence-electron chi connectivity index (χ1n) is 6.90. The number of hydrogen-bond acceptors (Lipinski definition) is 1. The van der Waals surface area contributed by atoms with Crippen LogP contribution in [0.15, 0.2) is 54.6 Å². The summed E-state index contributed by atoms with van der Waals surface area (Å²) >= 11 is 0. The van der Waals surface area contributed by atoms with Crippen molar-refractivity contribution in [2.24, 2.45) is 0 Å². The van der Waals surface area contributed by atoms with E-state index in [2.05, 4.69) is 11.8 Å². The summed E-state index contributed by atoms with van der Waals surface area (Å²) in [5.74, 6) is 5.07. The number of nitriles is 1. The Bertz CT molecular complexity index is 814. The molecule has 0 bridgehead atoms. The quantitative estimate of drug-likeness (QED) is 0.746. The summed E-state index contributed by atoms with van der Waals surface area (Å²) in [4.78, 5) is 0. The molecule has 114 valence electrons. The molecule has 2 aromatic rings. The highest BCUT2D eigenvalue weighted by atomic mass is 19.3. The molecule has 0 saturated carbocycles. The molecule has 0 heterocycles. The predicted octanol–water partition coefficient (Wildman–Crippen LogP) is 4.81. The molecular formula is C19H12F3N. The second-order valence-corrected chi connectivity index (χ2v) is 4.79. The summed E-state index contributed by atoms with van der Waals surface area (Å²) < 4.78 is 37.8. The molecule has 0 saturated heterocycles. The average Bonchev–Trinajstić information content (AvgIpc) is 2.54. The Morgan fingerprint density at radius 2 is 1.70 bits per heavy atom. The molecule has 4 heteroatoms. The lowest BCUT2D eigenvalue weighted by molar-refractivity contribution is 0.417. The molecule has 23 heavy (non-hydrogen) atoms. The first kappa shape index (κ1) is 16.4. The lowest BCUT2D eigenvalue weighted by atomic mass is 10.1. The van der Waals surface area contributed by atoms with E-state index < -0.39 is 11.9 Å². The van der Waals surface area contributed by atoms with E-state index in [0.717, 1.165) is 6.08 Å². The first-order valence-corrected chi connectivity index (χ1v) is 6.90. The number of halogens is 3. The molecule has 0 aliphatic rings. The van der Waals surface area contributed by atoms with Gasteiger partial charge in [0, 0.05) is 5.56 Å². The monoisotopic (exact) mass is 311 g/mol. The molecule has 0 N–H and O–H groups in total. The van der Waals surface area contributed by atoms with Crippen LogP contribution in [0.4, 0.5) is 13.2 Å². The Hall–Kier alpha value is -2.98. The third-order valence-electron chi connectivity index (χ3n) is 3.12. The van der Waals surface area contributed by atoms with E-state index in [1.54, 1.807) is 30.3 Å². The van der Waals surface area contributed by atoms with Crippen LogP contribution in [0.2, 0.25) is 0 Å². The molecule has 2 rings (SSSR count). The smallest absolute Gasteiger partial charge is 0.206 e. The van der Waals surface area contributed by atoms with Crippen molar-refractivity contribution in [3.05, 3.63) is 82.7 Å². The molecule has 0 amide bonds. The topological polar surface area (TPSA) is 23.8 Å². The van der Waals surface area contributed by atoms with Crippen molar-refractivity contribution >= 4 is 0 Å². The molecule has 0 fully saturated rings. The highest BCUT2D eigenvalue weighted by Crippen LogP contribution is 2.13. The molecule has 1 nitrogen and oxygen atoms in total. The number of aryl methyl sites for hydroxylation is 1. The summed E-state index contributed by atoms with van der Waals surface area (Å²) in [6.45, 7) is 0. The lowest BCUT2D eigenvalue weighted by Gasteiger charge is -2.00. The molecule has 0 unspecified atom stereocenters. The van der Waals surface area contributed by atoms with Gasteiger partial charge >= 0.3 is 0 Å². The Balaban J connectivity index is 2.11. The van der Waals surface area contributed by atoms with Crippen LogP contribution in [0.1, 0.15) is 28.7 Å². The zero-order chi connectivity index (χ0) is 16.7. The van der Waals surface area contributed by atoms with Crippen molar-refractivity contribution in [3.8, 4) is 17.9 Å². The average molecular weight is 311 g/mol. The number of hydrogen-bond donors (Lipinski definition) is 0. The second kappa shape index (κ2) is 7.87. The molecule has 2 aromatic carbocycles. The van der Waals surface area contributed by atoms with Gasteiger partial charge in [0.05, 0.1) is 17.2 Å². The van der Waals surface area contributed by atoms with E-state index in [-0.39, 0.29) is 12.0 Å². The van der Waals surface area contributed by atoms with Gasteiger partial charge in [0.25, 0.3) is 6.08 Å². The van der Waals surface area contributed by atoms with Gasteiger partial charge in [-0.25, -0.2) is 4.39 Å². The van der Waals surface area contributed by atoms with Crippen LogP contribution in [0, 0.1) is 29.0 Å². The molecule has 0 atom stereocenters. The van der Waals surface area contributed by atoms with E-state index >= 15 is 0 Å². The zero-order valence-electron chi connectivity index (χ0n) is 12.1. The van der Waals surface area contributed by atoms with Crippen molar-refractivity contribution in [2.45, 2.75) is 12.8 Å². The van der Waals surface area contributed by atoms with Crippen molar-refractivity contribution in [3.63, 3.8) is 0 Å². The minimum atomic E-state index is -1.73. The maximum atomic E-state index is 13.9. The van der Waals surface area contributed by atoms with Crippen molar-refractivity contribution < 1.29 is 13.2 Å². The Morgan fingerprint density at radius 1 is 1.00 bits per heavy atom. The normalized spacial score (nSPS) is 9.48. The van der Waals surface area contributed by atoms with Gasteiger partial charge in [-0.3, -0.25) is 0 Å². The number of rotatable bonds is 3.